The van der Waals surface area contributed by atoms with Crippen molar-refractivity contribution in [2.45, 2.75) is 6.92 Å². The number of benzene rings is 1. The first-order valence-corrected chi connectivity index (χ1v) is 6.31. The molecule has 0 aliphatic rings. The van der Waals surface area contributed by atoms with Gasteiger partial charge in [-0.25, -0.2) is 0 Å². The third-order valence-corrected chi connectivity index (χ3v) is 3.25. The maximum Gasteiger partial charge on any atom is 0.184 e. The Kier molecular flexibility index (Phi) is 2.56. The monoisotopic (exact) mass is 302 g/mol. The third-order valence-electron chi connectivity index (χ3n) is 2.75. The third kappa shape index (κ3) is 1.76. The standard InChI is InChI=1S/C13H11BrN4/c1-8-5-11(15)13-17-16-12(18(13)7-8)9-3-2-4-10(14)6-9/h2-7H,15H2,1H3. The maximum absolute atomic E-state index is 5.95. The second-order valence-corrected chi connectivity index (χ2v) is 5.12. The lowest BCUT2D eigenvalue weighted by atomic mass is 10.2. The number of rotatable bonds is 1. The van der Waals surface area contributed by atoms with Crippen molar-refractivity contribution in [1.82, 2.24) is 14.6 Å². The molecule has 90 valence electrons. The van der Waals surface area contributed by atoms with Crippen LogP contribution < -0.4 is 5.73 Å². The summed E-state index contributed by atoms with van der Waals surface area (Å²) < 4.78 is 2.93. The predicted molar refractivity (Wildman–Crippen MR) is 75.3 cm³/mol. The zero-order valence-electron chi connectivity index (χ0n) is 9.76. The van der Waals surface area contributed by atoms with Gasteiger partial charge in [-0.2, -0.15) is 0 Å². The summed E-state index contributed by atoms with van der Waals surface area (Å²) in [6.45, 7) is 2.00. The molecule has 2 N–H and O–H groups in total. The number of aryl methyl sites for hydroxylation is 1. The Bertz CT molecular complexity index is 733. The van der Waals surface area contributed by atoms with Gasteiger partial charge in [-0.15, -0.1) is 10.2 Å². The second-order valence-electron chi connectivity index (χ2n) is 4.20. The molecular formula is C13H11BrN4. The molecule has 0 fully saturated rings. The molecule has 0 unspecified atom stereocenters. The van der Waals surface area contributed by atoms with Crippen molar-refractivity contribution in [3.05, 3.63) is 46.6 Å². The fraction of sp³-hybridized carbons (Fsp3) is 0.0769. The van der Waals surface area contributed by atoms with E-state index in [4.69, 9.17) is 5.73 Å². The van der Waals surface area contributed by atoms with Crippen LogP contribution in [0.2, 0.25) is 0 Å². The molecule has 0 radical (unpaired) electrons. The molecule has 3 aromatic rings. The van der Waals surface area contributed by atoms with Crippen molar-refractivity contribution in [3.8, 4) is 11.4 Å². The van der Waals surface area contributed by atoms with Crippen LogP contribution in [0, 0.1) is 6.92 Å². The lowest BCUT2D eigenvalue weighted by molar-refractivity contribution is 1.11. The molecule has 0 amide bonds. The fourth-order valence-electron chi connectivity index (χ4n) is 1.99. The largest absolute Gasteiger partial charge is 0.396 e. The molecule has 1 aromatic carbocycles. The van der Waals surface area contributed by atoms with E-state index < -0.39 is 0 Å². The van der Waals surface area contributed by atoms with Crippen LogP contribution in [0.3, 0.4) is 0 Å². The molecule has 0 bridgehead atoms. The highest BCUT2D eigenvalue weighted by molar-refractivity contribution is 9.10. The highest BCUT2D eigenvalue weighted by atomic mass is 79.9. The highest BCUT2D eigenvalue weighted by Crippen LogP contribution is 2.24. The molecule has 18 heavy (non-hydrogen) atoms. The lowest BCUT2D eigenvalue weighted by Crippen LogP contribution is -1.95. The number of halogens is 1. The summed E-state index contributed by atoms with van der Waals surface area (Å²) in [7, 11) is 0. The van der Waals surface area contributed by atoms with Gasteiger partial charge in [0.1, 0.15) is 0 Å². The molecule has 0 saturated carbocycles. The lowest BCUT2D eigenvalue weighted by Gasteiger charge is -2.03. The van der Waals surface area contributed by atoms with E-state index in [9.17, 15) is 0 Å². The Balaban J connectivity index is 2.30. The van der Waals surface area contributed by atoms with Gasteiger partial charge in [0.05, 0.1) is 5.69 Å². The quantitative estimate of drug-likeness (QED) is 0.751. The van der Waals surface area contributed by atoms with Gasteiger partial charge in [0, 0.05) is 16.2 Å². The summed E-state index contributed by atoms with van der Waals surface area (Å²) in [5, 5.41) is 8.36. The number of hydrogen-bond acceptors (Lipinski definition) is 3. The number of nitrogen functional groups attached to an aromatic ring is 1. The summed E-state index contributed by atoms with van der Waals surface area (Å²) >= 11 is 3.46. The van der Waals surface area contributed by atoms with Crippen LogP contribution in [0.25, 0.3) is 17.0 Å². The topological polar surface area (TPSA) is 56.2 Å². The number of anilines is 1. The van der Waals surface area contributed by atoms with Crippen LogP contribution in [0.1, 0.15) is 5.56 Å². The van der Waals surface area contributed by atoms with E-state index in [1.807, 2.05) is 47.9 Å². The Morgan fingerprint density at radius 3 is 2.83 bits per heavy atom. The SMILES string of the molecule is Cc1cc(N)c2nnc(-c3cccc(Br)c3)n2c1. The van der Waals surface area contributed by atoms with E-state index in [1.54, 1.807) is 0 Å². The van der Waals surface area contributed by atoms with Crippen molar-refractivity contribution in [2.24, 2.45) is 0 Å². The molecule has 0 aliphatic heterocycles. The van der Waals surface area contributed by atoms with Crippen LogP contribution in [0.4, 0.5) is 5.69 Å². The molecule has 3 rings (SSSR count). The summed E-state index contributed by atoms with van der Waals surface area (Å²) in [6.07, 6.45) is 1.99. The van der Waals surface area contributed by atoms with Gasteiger partial charge in [-0.1, -0.05) is 28.1 Å². The van der Waals surface area contributed by atoms with Crippen molar-refractivity contribution < 1.29 is 0 Å². The van der Waals surface area contributed by atoms with E-state index in [-0.39, 0.29) is 0 Å². The van der Waals surface area contributed by atoms with Gasteiger partial charge >= 0.3 is 0 Å². The minimum absolute atomic E-state index is 0.642. The van der Waals surface area contributed by atoms with Crippen molar-refractivity contribution >= 4 is 27.3 Å². The van der Waals surface area contributed by atoms with E-state index in [0.717, 1.165) is 21.4 Å². The van der Waals surface area contributed by atoms with Gasteiger partial charge in [0.2, 0.25) is 0 Å². The molecule has 0 aliphatic carbocycles. The summed E-state index contributed by atoms with van der Waals surface area (Å²) in [5.41, 5.74) is 9.36. The highest BCUT2D eigenvalue weighted by Gasteiger charge is 2.10. The Morgan fingerprint density at radius 2 is 2.06 bits per heavy atom. The van der Waals surface area contributed by atoms with E-state index >= 15 is 0 Å². The van der Waals surface area contributed by atoms with E-state index in [0.29, 0.717) is 11.3 Å². The molecule has 0 saturated heterocycles. The van der Waals surface area contributed by atoms with Crippen molar-refractivity contribution in [3.63, 3.8) is 0 Å². The predicted octanol–water partition coefficient (Wildman–Crippen LogP) is 3.05. The summed E-state index contributed by atoms with van der Waals surface area (Å²) in [4.78, 5) is 0. The van der Waals surface area contributed by atoms with Crippen LogP contribution in [-0.4, -0.2) is 14.6 Å². The van der Waals surface area contributed by atoms with Gasteiger partial charge < -0.3 is 5.73 Å². The number of hydrogen-bond donors (Lipinski definition) is 1. The number of pyridine rings is 1. The minimum atomic E-state index is 0.642. The van der Waals surface area contributed by atoms with E-state index in [2.05, 4.69) is 26.1 Å². The molecule has 4 nitrogen and oxygen atoms in total. The second kappa shape index (κ2) is 4.10. The first kappa shape index (κ1) is 11.2. The van der Waals surface area contributed by atoms with Gasteiger partial charge in [0.25, 0.3) is 0 Å². The first-order valence-electron chi connectivity index (χ1n) is 5.52. The summed E-state index contributed by atoms with van der Waals surface area (Å²) in [6, 6.07) is 9.86. The van der Waals surface area contributed by atoms with Gasteiger partial charge in [-0.3, -0.25) is 4.40 Å². The Hall–Kier alpha value is -1.88. The zero-order chi connectivity index (χ0) is 12.7. The number of nitrogens with two attached hydrogens (primary N) is 1. The Morgan fingerprint density at radius 1 is 1.22 bits per heavy atom. The van der Waals surface area contributed by atoms with Crippen LogP contribution >= 0.6 is 15.9 Å². The average molecular weight is 303 g/mol. The molecule has 0 atom stereocenters. The van der Waals surface area contributed by atoms with Gasteiger partial charge in [0.15, 0.2) is 11.5 Å². The fourth-order valence-corrected chi connectivity index (χ4v) is 2.38. The minimum Gasteiger partial charge on any atom is -0.396 e. The smallest absolute Gasteiger partial charge is 0.184 e. The number of nitrogens with zero attached hydrogens (tertiary/aromatic N) is 3. The molecular weight excluding hydrogens is 292 g/mol. The zero-order valence-corrected chi connectivity index (χ0v) is 11.3. The first-order chi connectivity index (χ1) is 8.65. The molecule has 0 spiro atoms. The molecule has 2 aromatic heterocycles. The molecule has 2 heterocycles. The van der Waals surface area contributed by atoms with Crippen LogP contribution in [-0.2, 0) is 0 Å². The summed E-state index contributed by atoms with van der Waals surface area (Å²) in [5.74, 6) is 0.793. The molecule has 5 heteroatoms. The number of fused-ring (bicyclic) bond motifs is 1. The average Bonchev–Trinajstić information content (AvgIpc) is 2.72. The maximum atomic E-state index is 5.95. The Labute approximate surface area is 113 Å². The van der Waals surface area contributed by atoms with Crippen LogP contribution in [0.5, 0.6) is 0 Å². The van der Waals surface area contributed by atoms with Gasteiger partial charge in [-0.05, 0) is 30.7 Å². The van der Waals surface area contributed by atoms with Crippen molar-refractivity contribution in [2.75, 3.05) is 5.73 Å². The normalized spacial score (nSPS) is 11.0. The van der Waals surface area contributed by atoms with Crippen LogP contribution in [0.15, 0.2) is 41.0 Å². The van der Waals surface area contributed by atoms with E-state index in [1.165, 1.54) is 0 Å². The number of aromatic nitrogens is 3. The van der Waals surface area contributed by atoms with Crippen molar-refractivity contribution in [1.29, 1.82) is 0 Å².